The summed E-state index contributed by atoms with van der Waals surface area (Å²) in [5.74, 6) is 1.22. The highest BCUT2D eigenvalue weighted by Gasteiger charge is 2.14. The van der Waals surface area contributed by atoms with Crippen LogP contribution in [-0.2, 0) is 0 Å². The van der Waals surface area contributed by atoms with Gasteiger partial charge in [-0.25, -0.2) is 4.99 Å². The molecule has 0 bridgehead atoms. The Balaban J connectivity index is 1.84. The first kappa shape index (κ1) is 15.3. The second-order valence-corrected chi connectivity index (χ2v) is 5.75. The molecule has 0 saturated heterocycles. The Morgan fingerprint density at radius 3 is 2.87 bits per heavy atom. The third-order valence-electron chi connectivity index (χ3n) is 4.04. The SMILES string of the molecule is C=C(N=C(/C=C\N)n1nnc2ccccc21)NC1CCCCC1. The van der Waals surface area contributed by atoms with Crippen molar-refractivity contribution < 1.29 is 0 Å². The van der Waals surface area contributed by atoms with Crippen LogP contribution in [0.5, 0.6) is 0 Å². The van der Waals surface area contributed by atoms with Crippen LogP contribution in [0, 0.1) is 0 Å². The van der Waals surface area contributed by atoms with Crippen molar-refractivity contribution in [3.05, 3.63) is 48.9 Å². The quantitative estimate of drug-likeness (QED) is 0.671. The van der Waals surface area contributed by atoms with Crippen molar-refractivity contribution >= 4 is 16.9 Å². The van der Waals surface area contributed by atoms with Crippen LogP contribution >= 0.6 is 0 Å². The maximum absolute atomic E-state index is 5.57. The molecule has 23 heavy (non-hydrogen) atoms. The number of nitrogens with one attached hydrogen (secondary N) is 1. The second-order valence-electron chi connectivity index (χ2n) is 5.75. The number of fused-ring (bicyclic) bond motifs is 1. The zero-order valence-corrected chi connectivity index (χ0v) is 13.2. The highest BCUT2D eigenvalue weighted by molar-refractivity contribution is 5.99. The van der Waals surface area contributed by atoms with Crippen LogP contribution in [0.25, 0.3) is 11.0 Å². The van der Waals surface area contributed by atoms with E-state index >= 15 is 0 Å². The highest BCUT2D eigenvalue weighted by Crippen LogP contribution is 2.18. The molecular formula is C17H22N6. The minimum atomic E-state index is 0.454. The van der Waals surface area contributed by atoms with Crippen molar-refractivity contribution in [3.8, 4) is 0 Å². The van der Waals surface area contributed by atoms with Gasteiger partial charge in [0.1, 0.15) is 11.3 Å². The van der Waals surface area contributed by atoms with Gasteiger partial charge in [-0.1, -0.05) is 43.2 Å². The van der Waals surface area contributed by atoms with Crippen molar-refractivity contribution in [3.63, 3.8) is 0 Å². The summed E-state index contributed by atoms with van der Waals surface area (Å²) in [4.78, 5) is 4.56. The first-order chi connectivity index (χ1) is 11.3. The Bertz CT molecular complexity index is 736. The number of nitrogens with two attached hydrogens (primary N) is 1. The first-order valence-electron chi connectivity index (χ1n) is 8.01. The molecule has 1 fully saturated rings. The monoisotopic (exact) mass is 310 g/mol. The molecule has 6 nitrogen and oxygen atoms in total. The Morgan fingerprint density at radius 1 is 1.30 bits per heavy atom. The first-order valence-corrected chi connectivity index (χ1v) is 8.01. The van der Waals surface area contributed by atoms with E-state index in [0.717, 1.165) is 11.0 Å². The van der Waals surface area contributed by atoms with Crippen molar-refractivity contribution in [2.45, 2.75) is 38.1 Å². The molecule has 0 aliphatic heterocycles. The summed E-state index contributed by atoms with van der Waals surface area (Å²) in [5.41, 5.74) is 7.27. The topological polar surface area (TPSA) is 81.1 Å². The van der Waals surface area contributed by atoms with Crippen LogP contribution in [0.4, 0.5) is 0 Å². The van der Waals surface area contributed by atoms with E-state index in [2.05, 4.69) is 27.2 Å². The van der Waals surface area contributed by atoms with Crippen LogP contribution in [0.15, 0.2) is 53.9 Å². The molecule has 1 aliphatic rings. The lowest BCUT2D eigenvalue weighted by Gasteiger charge is -2.23. The molecule has 1 aliphatic carbocycles. The van der Waals surface area contributed by atoms with Crippen LogP contribution in [0.2, 0.25) is 0 Å². The summed E-state index contributed by atoms with van der Waals surface area (Å²) < 4.78 is 1.67. The summed E-state index contributed by atoms with van der Waals surface area (Å²) in [7, 11) is 0. The summed E-state index contributed by atoms with van der Waals surface area (Å²) in [5, 5.41) is 11.7. The van der Waals surface area contributed by atoms with E-state index in [4.69, 9.17) is 5.73 Å². The van der Waals surface area contributed by atoms with Crippen LogP contribution in [0.1, 0.15) is 32.1 Å². The lowest BCUT2D eigenvalue weighted by molar-refractivity contribution is 0.396. The third kappa shape index (κ3) is 3.59. The Labute approximate surface area is 135 Å². The van der Waals surface area contributed by atoms with Crippen LogP contribution < -0.4 is 11.1 Å². The number of aromatic nitrogens is 3. The number of hydrogen-bond acceptors (Lipinski definition) is 5. The van der Waals surface area contributed by atoms with Gasteiger partial charge in [0.05, 0.1) is 5.52 Å². The molecule has 1 saturated carbocycles. The Kier molecular flexibility index (Phi) is 4.71. The largest absolute Gasteiger partial charge is 0.404 e. The summed E-state index contributed by atoms with van der Waals surface area (Å²) >= 11 is 0. The smallest absolute Gasteiger partial charge is 0.159 e. The summed E-state index contributed by atoms with van der Waals surface area (Å²) in [6, 6.07) is 8.20. The normalized spacial score (nSPS) is 17.0. The fourth-order valence-corrected chi connectivity index (χ4v) is 2.93. The number of hydrogen-bond donors (Lipinski definition) is 2. The van der Waals surface area contributed by atoms with E-state index in [1.165, 1.54) is 38.3 Å². The molecule has 1 aromatic carbocycles. The van der Waals surface area contributed by atoms with Gasteiger partial charge in [-0.2, -0.15) is 4.68 Å². The molecule has 0 unspecified atom stereocenters. The number of nitrogens with zero attached hydrogens (tertiary/aromatic N) is 4. The molecule has 1 heterocycles. The van der Waals surface area contributed by atoms with Gasteiger partial charge < -0.3 is 11.1 Å². The van der Waals surface area contributed by atoms with E-state index in [1.807, 2.05) is 24.3 Å². The van der Waals surface area contributed by atoms with Crippen LogP contribution in [-0.4, -0.2) is 26.9 Å². The number of benzene rings is 1. The summed E-state index contributed by atoms with van der Waals surface area (Å²) in [6.45, 7) is 4.03. The average molecular weight is 310 g/mol. The molecule has 0 atom stereocenters. The molecule has 0 amide bonds. The van der Waals surface area contributed by atoms with Gasteiger partial charge in [0.15, 0.2) is 5.84 Å². The standard InChI is InChI=1S/C17H22N6/c1-13(19-14-7-3-2-4-8-14)20-17(11-12-18)23-16-10-6-5-9-15(16)21-22-23/h5-6,9-12,14,19H,1-4,7-8,18H2/b12-11-,20-17?. The predicted molar refractivity (Wildman–Crippen MR) is 92.8 cm³/mol. The van der Waals surface area contributed by atoms with Gasteiger partial charge in [0.2, 0.25) is 0 Å². The number of aliphatic imine (C=N–C) groups is 1. The van der Waals surface area contributed by atoms with Gasteiger partial charge in [-0.3, -0.25) is 0 Å². The molecule has 6 heteroatoms. The molecule has 120 valence electrons. The Hall–Kier alpha value is -2.63. The van der Waals surface area contributed by atoms with Gasteiger partial charge in [0, 0.05) is 6.04 Å². The molecule has 3 N–H and O–H groups in total. The lowest BCUT2D eigenvalue weighted by Crippen LogP contribution is -2.30. The maximum Gasteiger partial charge on any atom is 0.159 e. The highest BCUT2D eigenvalue weighted by atomic mass is 15.4. The number of para-hydroxylation sites is 1. The van der Waals surface area contributed by atoms with E-state index in [0.29, 0.717) is 17.7 Å². The molecule has 0 spiro atoms. The summed E-state index contributed by atoms with van der Waals surface area (Å²) in [6.07, 6.45) is 9.33. The third-order valence-corrected chi connectivity index (χ3v) is 4.04. The van der Waals surface area contributed by atoms with E-state index in [1.54, 1.807) is 10.8 Å². The Morgan fingerprint density at radius 2 is 2.09 bits per heavy atom. The van der Waals surface area contributed by atoms with E-state index in [9.17, 15) is 0 Å². The zero-order chi connectivity index (χ0) is 16.1. The minimum Gasteiger partial charge on any atom is -0.404 e. The number of allylic oxidation sites excluding steroid dienone is 1. The lowest BCUT2D eigenvalue weighted by atomic mass is 9.96. The van der Waals surface area contributed by atoms with Crippen molar-refractivity contribution in [1.29, 1.82) is 0 Å². The van der Waals surface area contributed by atoms with Gasteiger partial charge in [0.25, 0.3) is 0 Å². The number of rotatable bonds is 4. The van der Waals surface area contributed by atoms with Crippen molar-refractivity contribution in [2.75, 3.05) is 0 Å². The van der Waals surface area contributed by atoms with Crippen LogP contribution in [0.3, 0.4) is 0 Å². The molecule has 1 aromatic heterocycles. The molecule has 2 aromatic rings. The second kappa shape index (κ2) is 7.09. The molecule has 3 rings (SSSR count). The fourth-order valence-electron chi connectivity index (χ4n) is 2.93. The van der Waals surface area contributed by atoms with Gasteiger partial charge in [-0.05, 0) is 37.3 Å². The zero-order valence-electron chi connectivity index (χ0n) is 13.2. The maximum atomic E-state index is 5.57. The molecule has 0 radical (unpaired) electrons. The predicted octanol–water partition coefficient (Wildman–Crippen LogP) is 2.54. The van der Waals surface area contributed by atoms with Crippen molar-refractivity contribution in [2.24, 2.45) is 10.7 Å². The van der Waals surface area contributed by atoms with Gasteiger partial charge >= 0.3 is 0 Å². The van der Waals surface area contributed by atoms with Gasteiger partial charge in [-0.15, -0.1) is 5.10 Å². The molecular weight excluding hydrogens is 288 g/mol. The fraction of sp³-hybridized carbons (Fsp3) is 0.353. The van der Waals surface area contributed by atoms with Crippen molar-refractivity contribution in [1.82, 2.24) is 20.3 Å². The minimum absolute atomic E-state index is 0.454. The average Bonchev–Trinajstić information content (AvgIpc) is 2.99. The van der Waals surface area contributed by atoms with E-state index in [-0.39, 0.29) is 0 Å². The van der Waals surface area contributed by atoms with E-state index < -0.39 is 0 Å².